The molecule has 2 aromatic rings. The summed E-state index contributed by atoms with van der Waals surface area (Å²) < 4.78 is 1.19. The number of nitrogens with one attached hydrogen (secondary N) is 1. The third-order valence-corrected chi connectivity index (χ3v) is 4.97. The lowest BCUT2D eigenvalue weighted by Crippen LogP contribution is -2.19. The Morgan fingerprint density at radius 3 is 2.71 bits per heavy atom. The van der Waals surface area contributed by atoms with Gasteiger partial charge in [0.2, 0.25) is 0 Å². The summed E-state index contributed by atoms with van der Waals surface area (Å²) in [6.45, 7) is 3.15. The second-order valence-corrected chi connectivity index (χ2v) is 6.50. The van der Waals surface area contributed by atoms with Crippen molar-refractivity contribution in [2.75, 3.05) is 25.0 Å². The summed E-state index contributed by atoms with van der Waals surface area (Å²) in [4.78, 5) is 2.49. The van der Waals surface area contributed by atoms with Crippen LogP contribution in [0, 0.1) is 0 Å². The standard InChI is InChI=1S/C18H21BrN2/c1-20-12-15-7-8-17(11-18(15)19)21-10-9-16(13-21)14-5-3-2-4-6-14/h2-8,11,16,20H,9-10,12-13H2,1H3. The summed E-state index contributed by atoms with van der Waals surface area (Å²) in [7, 11) is 1.98. The van der Waals surface area contributed by atoms with Crippen LogP contribution in [0.3, 0.4) is 0 Å². The van der Waals surface area contributed by atoms with E-state index in [0.717, 1.165) is 19.6 Å². The Hall–Kier alpha value is -1.32. The van der Waals surface area contributed by atoms with Gasteiger partial charge in [-0.15, -0.1) is 0 Å². The molecule has 1 aliphatic heterocycles. The van der Waals surface area contributed by atoms with E-state index in [2.05, 4.69) is 74.7 Å². The highest BCUT2D eigenvalue weighted by atomic mass is 79.9. The largest absolute Gasteiger partial charge is 0.371 e. The minimum absolute atomic E-state index is 0.655. The molecular weight excluding hydrogens is 324 g/mol. The van der Waals surface area contributed by atoms with Crippen molar-refractivity contribution in [3.63, 3.8) is 0 Å². The van der Waals surface area contributed by atoms with Gasteiger partial charge in [0.25, 0.3) is 0 Å². The van der Waals surface area contributed by atoms with Crippen molar-refractivity contribution in [2.45, 2.75) is 18.9 Å². The van der Waals surface area contributed by atoms with E-state index >= 15 is 0 Å². The van der Waals surface area contributed by atoms with Gasteiger partial charge < -0.3 is 10.2 Å². The molecule has 1 saturated heterocycles. The molecule has 0 bridgehead atoms. The summed E-state index contributed by atoms with van der Waals surface area (Å²) in [5, 5.41) is 3.20. The first-order valence-corrected chi connectivity index (χ1v) is 8.30. The SMILES string of the molecule is CNCc1ccc(N2CCC(c3ccccc3)C2)cc1Br. The molecule has 2 nitrogen and oxygen atoms in total. The van der Waals surface area contributed by atoms with Gasteiger partial charge in [-0.05, 0) is 36.7 Å². The van der Waals surface area contributed by atoms with Crippen LogP contribution in [0.25, 0.3) is 0 Å². The zero-order valence-electron chi connectivity index (χ0n) is 12.3. The first-order valence-electron chi connectivity index (χ1n) is 7.51. The maximum Gasteiger partial charge on any atom is 0.0377 e. The molecule has 1 aliphatic rings. The van der Waals surface area contributed by atoms with Gasteiger partial charge in [0.15, 0.2) is 0 Å². The van der Waals surface area contributed by atoms with Crippen LogP contribution in [0.1, 0.15) is 23.5 Å². The first kappa shape index (κ1) is 14.6. The first-order chi connectivity index (χ1) is 10.3. The molecular formula is C18H21BrN2. The van der Waals surface area contributed by atoms with Crippen molar-refractivity contribution in [3.05, 3.63) is 64.1 Å². The number of hydrogen-bond donors (Lipinski definition) is 1. The van der Waals surface area contributed by atoms with E-state index in [0.29, 0.717) is 5.92 Å². The van der Waals surface area contributed by atoms with Gasteiger partial charge in [-0.1, -0.05) is 52.3 Å². The van der Waals surface area contributed by atoms with E-state index in [1.54, 1.807) is 0 Å². The lowest BCUT2D eigenvalue weighted by Gasteiger charge is -2.20. The van der Waals surface area contributed by atoms with Gasteiger partial charge in [0.05, 0.1) is 0 Å². The Labute approximate surface area is 135 Å². The maximum absolute atomic E-state index is 3.69. The fraction of sp³-hybridized carbons (Fsp3) is 0.333. The predicted molar refractivity (Wildman–Crippen MR) is 92.9 cm³/mol. The van der Waals surface area contributed by atoms with Crippen molar-refractivity contribution >= 4 is 21.6 Å². The minimum Gasteiger partial charge on any atom is -0.371 e. The maximum atomic E-state index is 3.69. The number of halogens is 1. The Morgan fingerprint density at radius 2 is 2.00 bits per heavy atom. The van der Waals surface area contributed by atoms with E-state index in [-0.39, 0.29) is 0 Å². The lowest BCUT2D eigenvalue weighted by molar-refractivity contribution is 0.775. The molecule has 0 aromatic heterocycles. The highest BCUT2D eigenvalue weighted by Gasteiger charge is 2.24. The van der Waals surface area contributed by atoms with Crippen LogP contribution < -0.4 is 10.2 Å². The predicted octanol–water partition coefficient (Wildman–Crippen LogP) is 4.16. The highest BCUT2D eigenvalue weighted by Crippen LogP contribution is 2.32. The molecule has 0 saturated carbocycles. The second kappa shape index (κ2) is 6.63. The number of nitrogens with zero attached hydrogens (tertiary/aromatic N) is 1. The van der Waals surface area contributed by atoms with Gasteiger partial charge in [-0.25, -0.2) is 0 Å². The Balaban J connectivity index is 1.73. The fourth-order valence-electron chi connectivity index (χ4n) is 3.06. The summed E-state index contributed by atoms with van der Waals surface area (Å²) in [5.41, 5.74) is 4.09. The Kier molecular flexibility index (Phi) is 4.61. The average Bonchev–Trinajstić information content (AvgIpc) is 3.00. The van der Waals surface area contributed by atoms with E-state index in [4.69, 9.17) is 0 Å². The molecule has 110 valence electrons. The molecule has 0 aliphatic carbocycles. The average molecular weight is 345 g/mol. The van der Waals surface area contributed by atoms with Gasteiger partial charge >= 0.3 is 0 Å². The van der Waals surface area contributed by atoms with Crippen LogP contribution in [0.4, 0.5) is 5.69 Å². The van der Waals surface area contributed by atoms with Gasteiger partial charge in [0.1, 0.15) is 0 Å². The van der Waals surface area contributed by atoms with Crippen LogP contribution in [0.2, 0.25) is 0 Å². The monoisotopic (exact) mass is 344 g/mol. The third-order valence-electron chi connectivity index (χ3n) is 4.23. The summed E-state index contributed by atoms with van der Waals surface area (Å²) in [6, 6.07) is 17.6. The number of rotatable bonds is 4. The van der Waals surface area contributed by atoms with Gasteiger partial charge in [0, 0.05) is 35.7 Å². The number of benzene rings is 2. The van der Waals surface area contributed by atoms with E-state index in [9.17, 15) is 0 Å². The Bertz CT molecular complexity index is 597. The molecule has 0 amide bonds. The molecule has 0 spiro atoms. The normalized spacial score (nSPS) is 18.2. The van der Waals surface area contributed by atoms with Crippen molar-refractivity contribution in [2.24, 2.45) is 0 Å². The molecule has 0 radical (unpaired) electrons. The summed E-state index contributed by atoms with van der Waals surface area (Å²) in [6.07, 6.45) is 1.24. The smallest absolute Gasteiger partial charge is 0.0377 e. The zero-order valence-corrected chi connectivity index (χ0v) is 13.9. The van der Waals surface area contributed by atoms with Crippen LogP contribution in [-0.2, 0) is 6.54 Å². The molecule has 2 aromatic carbocycles. The second-order valence-electron chi connectivity index (χ2n) is 5.65. The third kappa shape index (κ3) is 3.30. The minimum atomic E-state index is 0.655. The Morgan fingerprint density at radius 1 is 1.19 bits per heavy atom. The number of hydrogen-bond acceptors (Lipinski definition) is 2. The van der Waals surface area contributed by atoms with Crippen molar-refractivity contribution in [1.29, 1.82) is 0 Å². The molecule has 1 fully saturated rings. The number of anilines is 1. The van der Waals surface area contributed by atoms with E-state index in [1.807, 2.05) is 7.05 Å². The van der Waals surface area contributed by atoms with Gasteiger partial charge in [-0.2, -0.15) is 0 Å². The van der Waals surface area contributed by atoms with Crippen LogP contribution in [-0.4, -0.2) is 20.1 Å². The van der Waals surface area contributed by atoms with E-state index in [1.165, 1.54) is 27.7 Å². The quantitative estimate of drug-likeness (QED) is 0.895. The topological polar surface area (TPSA) is 15.3 Å². The molecule has 1 heterocycles. The summed E-state index contributed by atoms with van der Waals surface area (Å²) in [5.74, 6) is 0.655. The molecule has 1 N–H and O–H groups in total. The molecule has 21 heavy (non-hydrogen) atoms. The fourth-order valence-corrected chi connectivity index (χ4v) is 3.57. The van der Waals surface area contributed by atoms with Crippen molar-refractivity contribution < 1.29 is 0 Å². The van der Waals surface area contributed by atoms with Crippen LogP contribution >= 0.6 is 15.9 Å². The zero-order chi connectivity index (χ0) is 14.7. The highest BCUT2D eigenvalue weighted by molar-refractivity contribution is 9.10. The van der Waals surface area contributed by atoms with Crippen molar-refractivity contribution in [1.82, 2.24) is 5.32 Å². The van der Waals surface area contributed by atoms with Gasteiger partial charge in [-0.3, -0.25) is 0 Å². The molecule has 1 unspecified atom stereocenters. The molecule has 1 atom stereocenters. The van der Waals surface area contributed by atoms with E-state index < -0.39 is 0 Å². The van der Waals surface area contributed by atoms with Crippen molar-refractivity contribution in [3.8, 4) is 0 Å². The van der Waals surface area contributed by atoms with Crippen LogP contribution in [0.5, 0.6) is 0 Å². The van der Waals surface area contributed by atoms with Crippen LogP contribution in [0.15, 0.2) is 53.0 Å². The molecule has 3 heteroatoms. The lowest BCUT2D eigenvalue weighted by atomic mass is 9.99. The molecule has 3 rings (SSSR count). The summed E-state index contributed by atoms with van der Waals surface area (Å²) >= 11 is 3.69.